The number of hydrogen-bond acceptors (Lipinski definition) is 3. The summed E-state index contributed by atoms with van der Waals surface area (Å²) < 4.78 is 5.86. The molecule has 3 unspecified atom stereocenters. The molecule has 0 aromatic rings. The largest absolute Gasteiger partial charge is 0.378 e. The smallest absolute Gasteiger partial charge is 0.0588 e. The number of hydrogen-bond donors (Lipinski definition) is 1. The normalized spacial score (nSPS) is 45.1. The summed E-state index contributed by atoms with van der Waals surface area (Å²) in [6.45, 7) is 9.65. The van der Waals surface area contributed by atoms with E-state index in [2.05, 4.69) is 24.1 Å². The molecule has 1 N–H and O–H groups in total. The molecule has 2 aliphatic heterocycles. The first-order chi connectivity index (χ1) is 10.1. The van der Waals surface area contributed by atoms with Crippen molar-refractivity contribution in [1.82, 2.24) is 10.2 Å². The first kappa shape index (κ1) is 14.5. The van der Waals surface area contributed by atoms with Gasteiger partial charge in [0.15, 0.2) is 0 Å². The van der Waals surface area contributed by atoms with Crippen molar-refractivity contribution < 1.29 is 4.74 Å². The van der Waals surface area contributed by atoms with E-state index >= 15 is 0 Å². The van der Waals surface area contributed by atoms with Crippen LogP contribution in [0.1, 0.15) is 58.8 Å². The van der Waals surface area contributed by atoms with Gasteiger partial charge in [-0.1, -0.05) is 0 Å². The van der Waals surface area contributed by atoms with Crippen molar-refractivity contribution in [1.29, 1.82) is 0 Å². The molecule has 2 heterocycles. The van der Waals surface area contributed by atoms with Gasteiger partial charge in [-0.05, 0) is 70.6 Å². The monoisotopic (exact) mass is 292 g/mol. The SMILES string of the molecule is CC1(C2CC2)CN(CCC2CCCO2)C(C)(C2CC2)CN1. The zero-order valence-corrected chi connectivity index (χ0v) is 13.9. The maximum atomic E-state index is 5.86. The number of ether oxygens (including phenoxy) is 1. The molecule has 0 spiro atoms. The van der Waals surface area contributed by atoms with Gasteiger partial charge in [0.2, 0.25) is 0 Å². The van der Waals surface area contributed by atoms with Crippen molar-refractivity contribution in [2.75, 3.05) is 26.2 Å². The van der Waals surface area contributed by atoms with E-state index in [1.807, 2.05) is 0 Å². The summed E-state index contributed by atoms with van der Waals surface area (Å²) in [6.07, 6.45) is 10.1. The molecule has 2 aliphatic carbocycles. The third-order valence-electron chi connectivity index (χ3n) is 6.77. The van der Waals surface area contributed by atoms with Gasteiger partial charge in [-0.15, -0.1) is 0 Å². The van der Waals surface area contributed by atoms with E-state index in [1.165, 1.54) is 64.6 Å². The Morgan fingerprint density at radius 3 is 2.48 bits per heavy atom. The molecular formula is C18H32N2O. The third-order valence-corrected chi connectivity index (χ3v) is 6.77. The predicted molar refractivity (Wildman–Crippen MR) is 85.4 cm³/mol. The lowest BCUT2D eigenvalue weighted by Gasteiger charge is -2.53. The maximum Gasteiger partial charge on any atom is 0.0588 e. The summed E-state index contributed by atoms with van der Waals surface area (Å²) in [5.74, 6) is 1.85. The van der Waals surface area contributed by atoms with Crippen molar-refractivity contribution in [3.05, 3.63) is 0 Å². The molecular weight excluding hydrogens is 260 g/mol. The summed E-state index contributed by atoms with van der Waals surface area (Å²) in [4.78, 5) is 2.85. The van der Waals surface area contributed by atoms with Gasteiger partial charge in [-0.3, -0.25) is 4.90 Å². The molecule has 0 bridgehead atoms. The van der Waals surface area contributed by atoms with E-state index < -0.39 is 0 Å². The first-order valence-electron chi connectivity index (χ1n) is 9.22. The molecule has 0 amide bonds. The summed E-state index contributed by atoms with van der Waals surface area (Å²) in [5.41, 5.74) is 0.762. The quantitative estimate of drug-likeness (QED) is 0.843. The minimum Gasteiger partial charge on any atom is -0.378 e. The topological polar surface area (TPSA) is 24.5 Å². The van der Waals surface area contributed by atoms with Crippen LogP contribution < -0.4 is 5.32 Å². The second kappa shape index (κ2) is 5.21. The molecule has 0 aromatic carbocycles. The molecule has 0 aromatic heterocycles. The Hall–Kier alpha value is -0.120. The Morgan fingerprint density at radius 1 is 1.10 bits per heavy atom. The highest BCUT2D eigenvalue weighted by Crippen LogP contribution is 2.48. The fraction of sp³-hybridized carbons (Fsp3) is 1.00. The highest BCUT2D eigenvalue weighted by Gasteiger charge is 2.53. The lowest BCUT2D eigenvalue weighted by atomic mass is 9.82. The standard InChI is InChI=1S/C18H32N2O/c1-17(14-5-6-14)13-20(10-9-16-4-3-11-21-16)18(2,12-19-17)15-7-8-15/h14-16,19H,3-13H2,1-2H3. The van der Waals surface area contributed by atoms with Crippen molar-refractivity contribution in [2.24, 2.45) is 11.8 Å². The van der Waals surface area contributed by atoms with E-state index in [1.54, 1.807) is 0 Å². The van der Waals surface area contributed by atoms with E-state index in [0.717, 1.165) is 18.4 Å². The molecule has 21 heavy (non-hydrogen) atoms. The lowest BCUT2D eigenvalue weighted by Crippen LogP contribution is -2.70. The average molecular weight is 292 g/mol. The van der Waals surface area contributed by atoms with Gasteiger partial charge < -0.3 is 10.1 Å². The van der Waals surface area contributed by atoms with Gasteiger partial charge in [0, 0.05) is 37.3 Å². The number of nitrogens with one attached hydrogen (secondary N) is 1. The second-order valence-corrected chi connectivity index (χ2v) is 8.52. The fourth-order valence-corrected chi connectivity index (χ4v) is 4.73. The van der Waals surface area contributed by atoms with Crippen molar-refractivity contribution >= 4 is 0 Å². The van der Waals surface area contributed by atoms with E-state index in [0.29, 0.717) is 17.2 Å². The number of nitrogens with zero attached hydrogens (tertiary/aromatic N) is 1. The van der Waals surface area contributed by atoms with E-state index in [-0.39, 0.29) is 0 Å². The van der Waals surface area contributed by atoms with Crippen LogP contribution in [0, 0.1) is 11.8 Å². The van der Waals surface area contributed by atoms with Gasteiger partial charge in [0.25, 0.3) is 0 Å². The number of rotatable bonds is 5. The molecule has 4 aliphatic rings. The van der Waals surface area contributed by atoms with Crippen LogP contribution in [0.3, 0.4) is 0 Å². The molecule has 0 radical (unpaired) electrons. The van der Waals surface area contributed by atoms with Gasteiger partial charge in [-0.25, -0.2) is 0 Å². The zero-order valence-electron chi connectivity index (χ0n) is 13.9. The second-order valence-electron chi connectivity index (χ2n) is 8.52. The molecule has 4 fully saturated rings. The van der Waals surface area contributed by atoms with Gasteiger partial charge in [0.1, 0.15) is 0 Å². The predicted octanol–water partition coefficient (Wildman–Crippen LogP) is 2.80. The zero-order chi connectivity index (χ0) is 14.5. The summed E-state index contributed by atoms with van der Waals surface area (Å²) in [6, 6.07) is 0. The highest BCUT2D eigenvalue weighted by molar-refractivity contribution is 5.11. The summed E-state index contributed by atoms with van der Waals surface area (Å²) >= 11 is 0. The highest BCUT2D eigenvalue weighted by atomic mass is 16.5. The molecule has 4 rings (SSSR count). The minimum atomic E-state index is 0.366. The van der Waals surface area contributed by atoms with Crippen molar-refractivity contribution in [3.63, 3.8) is 0 Å². The Kier molecular flexibility index (Phi) is 3.59. The lowest BCUT2D eigenvalue weighted by molar-refractivity contribution is -0.0120. The Balaban J connectivity index is 1.44. The van der Waals surface area contributed by atoms with Gasteiger partial charge in [-0.2, -0.15) is 0 Å². The Labute approximate surface area is 129 Å². The van der Waals surface area contributed by atoms with Crippen LogP contribution in [0.25, 0.3) is 0 Å². The van der Waals surface area contributed by atoms with Crippen molar-refractivity contribution in [2.45, 2.75) is 76.0 Å². The van der Waals surface area contributed by atoms with Crippen LogP contribution in [-0.2, 0) is 4.74 Å². The molecule has 2 saturated carbocycles. The molecule has 3 atom stereocenters. The van der Waals surface area contributed by atoms with Crippen LogP contribution in [-0.4, -0.2) is 48.3 Å². The van der Waals surface area contributed by atoms with Crippen LogP contribution in [0.15, 0.2) is 0 Å². The first-order valence-corrected chi connectivity index (χ1v) is 9.22. The molecule has 120 valence electrons. The van der Waals surface area contributed by atoms with Crippen molar-refractivity contribution in [3.8, 4) is 0 Å². The Bertz CT molecular complexity index is 387. The molecule has 3 nitrogen and oxygen atoms in total. The van der Waals surface area contributed by atoms with Crippen LogP contribution >= 0.6 is 0 Å². The molecule has 3 heteroatoms. The fourth-order valence-electron chi connectivity index (χ4n) is 4.73. The minimum absolute atomic E-state index is 0.366. The Morgan fingerprint density at radius 2 is 1.86 bits per heavy atom. The van der Waals surface area contributed by atoms with Gasteiger partial charge in [0.05, 0.1) is 6.10 Å². The maximum absolute atomic E-state index is 5.86. The van der Waals surface area contributed by atoms with E-state index in [9.17, 15) is 0 Å². The number of piperazine rings is 1. The van der Waals surface area contributed by atoms with Crippen LogP contribution in [0.5, 0.6) is 0 Å². The summed E-state index contributed by atoms with van der Waals surface area (Å²) in [7, 11) is 0. The van der Waals surface area contributed by atoms with Crippen LogP contribution in [0.4, 0.5) is 0 Å². The van der Waals surface area contributed by atoms with Crippen LogP contribution in [0.2, 0.25) is 0 Å². The van der Waals surface area contributed by atoms with Gasteiger partial charge >= 0.3 is 0 Å². The third kappa shape index (κ3) is 2.77. The summed E-state index contributed by atoms with van der Waals surface area (Å²) in [5, 5.41) is 3.95. The van der Waals surface area contributed by atoms with E-state index in [4.69, 9.17) is 4.74 Å². The molecule has 2 saturated heterocycles. The average Bonchev–Trinajstić information content (AvgIpc) is 3.37.